The van der Waals surface area contributed by atoms with Crippen LogP contribution in [0.3, 0.4) is 0 Å². The second-order valence-corrected chi connectivity index (χ2v) is 11.3. The first-order chi connectivity index (χ1) is 19.9. The number of hydrogen-bond acceptors (Lipinski definition) is 5. The highest BCUT2D eigenvalue weighted by atomic mass is 35.5. The Morgan fingerprint density at radius 1 is 0.605 bits per heavy atom. The van der Waals surface area contributed by atoms with Gasteiger partial charge in [-0.3, -0.25) is 19.2 Å². The summed E-state index contributed by atoms with van der Waals surface area (Å²) in [5.74, 6) is -20.4. The Bertz CT molecular complexity index is 1070. The van der Waals surface area contributed by atoms with Gasteiger partial charge in [0.1, 0.15) is 67.2 Å². The Morgan fingerprint density at radius 3 is 1.42 bits per heavy atom. The van der Waals surface area contributed by atoms with E-state index in [0.29, 0.717) is 0 Å². The summed E-state index contributed by atoms with van der Waals surface area (Å²) in [4.78, 5) is 48.4. The molecule has 3 saturated carbocycles. The van der Waals surface area contributed by atoms with Crippen LogP contribution in [0, 0.1) is 29.6 Å². The number of aliphatic carboxylic acids is 2. The van der Waals surface area contributed by atoms with E-state index in [4.69, 9.17) is 16.3 Å². The molecular weight excluding hydrogens is 635 g/mol. The molecule has 246 valence electrons. The third-order valence-electron chi connectivity index (χ3n) is 8.35. The molecular formula is C24H28ClF9N2O7. The number of ether oxygens (including phenoxy) is 1. The molecule has 0 saturated heterocycles. The Hall–Kier alpha value is -2.50. The van der Waals surface area contributed by atoms with E-state index in [1.165, 1.54) is 0 Å². The lowest BCUT2D eigenvalue weighted by Gasteiger charge is -2.46. The standard InChI is InChI=1S/C24H28ClF9N2O7/c1-3-9(26)8(25)15(32)18(10(3)27)36-22(38)5-7(24(41)42)12(29)17(34)20(14(5)31)43-19-13(30)4(21(37)35-2)6(23(39)40)11(28)16(19)33/h3-20H,1-2H3,(H,35,37)(H,36,38)(H,39,40)(H,41,42). The maximum atomic E-state index is 15.8. The summed E-state index contributed by atoms with van der Waals surface area (Å²) >= 11 is 5.60. The minimum absolute atomic E-state index is 0.884. The van der Waals surface area contributed by atoms with Crippen LogP contribution in [0.1, 0.15) is 6.92 Å². The lowest BCUT2D eigenvalue weighted by Crippen LogP contribution is -2.67. The van der Waals surface area contributed by atoms with Crippen molar-refractivity contribution >= 4 is 35.4 Å². The van der Waals surface area contributed by atoms with Gasteiger partial charge in [-0.2, -0.15) is 0 Å². The molecule has 3 aliphatic carbocycles. The first-order valence-corrected chi connectivity index (χ1v) is 13.4. The maximum absolute atomic E-state index is 15.8. The zero-order valence-corrected chi connectivity index (χ0v) is 22.9. The number of nitrogens with one attached hydrogen (secondary N) is 2. The first kappa shape index (κ1) is 35.0. The number of amides is 2. The highest BCUT2D eigenvalue weighted by Crippen LogP contribution is 2.44. The van der Waals surface area contributed by atoms with Gasteiger partial charge in [-0.15, -0.1) is 11.6 Å². The van der Waals surface area contributed by atoms with Gasteiger partial charge < -0.3 is 25.6 Å². The van der Waals surface area contributed by atoms with E-state index in [1.807, 2.05) is 5.32 Å². The smallest absolute Gasteiger partial charge is 0.310 e. The van der Waals surface area contributed by atoms with Crippen LogP contribution in [0.4, 0.5) is 39.5 Å². The molecule has 18 atom stereocenters. The fourth-order valence-corrected chi connectivity index (χ4v) is 6.30. The van der Waals surface area contributed by atoms with Crippen LogP contribution in [-0.2, 0) is 23.9 Å². The average molecular weight is 663 g/mol. The monoisotopic (exact) mass is 662 g/mol. The molecule has 0 spiro atoms. The highest BCUT2D eigenvalue weighted by molar-refractivity contribution is 6.21. The molecule has 3 fully saturated rings. The van der Waals surface area contributed by atoms with Crippen LogP contribution >= 0.6 is 11.6 Å². The summed E-state index contributed by atoms with van der Waals surface area (Å²) in [5, 5.41) is 20.1. The summed E-state index contributed by atoms with van der Waals surface area (Å²) in [5.41, 5.74) is 0. The largest absolute Gasteiger partial charge is 0.481 e. The van der Waals surface area contributed by atoms with Crippen molar-refractivity contribution in [1.29, 1.82) is 0 Å². The molecule has 0 heterocycles. The molecule has 0 aromatic heterocycles. The first-order valence-electron chi connectivity index (χ1n) is 12.9. The third kappa shape index (κ3) is 6.09. The average Bonchev–Trinajstić information content (AvgIpc) is 2.95. The molecule has 2 amide bonds. The van der Waals surface area contributed by atoms with Crippen molar-refractivity contribution < 1.29 is 73.6 Å². The van der Waals surface area contributed by atoms with Crippen molar-refractivity contribution in [3.63, 3.8) is 0 Å². The number of carbonyl (C=O) groups is 4. The highest BCUT2D eigenvalue weighted by Gasteiger charge is 2.63. The molecule has 18 unspecified atom stereocenters. The van der Waals surface area contributed by atoms with E-state index in [9.17, 15) is 51.3 Å². The van der Waals surface area contributed by atoms with Crippen molar-refractivity contribution in [3.05, 3.63) is 0 Å². The van der Waals surface area contributed by atoms with Gasteiger partial charge in [-0.1, -0.05) is 6.92 Å². The number of rotatable bonds is 7. The van der Waals surface area contributed by atoms with Gasteiger partial charge in [0.25, 0.3) is 0 Å². The fourth-order valence-electron chi connectivity index (χ4n) is 5.92. The molecule has 0 aromatic carbocycles. The van der Waals surface area contributed by atoms with E-state index in [1.54, 1.807) is 5.32 Å². The Kier molecular flexibility index (Phi) is 10.8. The lowest BCUT2D eigenvalue weighted by molar-refractivity contribution is -0.217. The van der Waals surface area contributed by atoms with Gasteiger partial charge in [0.15, 0.2) is 12.3 Å². The van der Waals surface area contributed by atoms with Gasteiger partial charge in [-0.05, 0) is 0 Å². The predicted octanol–water partition coefficient (Wildman–Crippen LogP) is 1.93. The van der Waals surface area contributed by atoms with Crippen molar-refractivity contribution in [2.24, 2.45) is 29.6 Å². The molecule has 3 rings (SSSR count). The van der Waals surface area contributed by atoms with Gasteiger partial charge in [0.05, 0.1) is 23.3 Å². The second-order valence-electron chi connectivity index (χ2n) is 10.8. The van der Waals surface area contributed by atoms with Crippen molar-refractivity contribution in [1.82, 2.24) is 10.6 Å². The van der Waals surface area contributed by atoms with E-state index < -0.39 is 133 Å². The summed E-state index contributed by atoms with van der Waals surface area (Å²) in [6.07, 6.45) is -33.1. The van der Waals surface area contributed by atoms with E-state index in [2.05, 4.69) is 0 Å². The summed E-state index contributed by atoms with van der Waals surface area (Å²) in [6, 6.07) is -2.31. The molecule has 0 bridgehead atoms. The van der Waals surface area contributed by atoms with E-state index >= 15 is 17.6 Å². The normalized spacial score (nSPS) is 48.7. The third-order valence-corrected chi connectivity index (χ3v) is 8.84. The zero-order valence-electron chi connectivity index (χ0n) is 22.1. The Morgan fingerprint density at radius 2 is 1.02 bits per heavy atom. The molecule has 9 nitrogen and oxygen atoms in total. The number of carboxylic acids is 2. The van der Waals surface area contributed by atoms with Crippen LogP contribution in [0.2, 0.25) is 0 Å². The van der Waals surface area contributed by atoms with E-state index in [-0.39, 0.29) is 0 Å². The molecule has 4 N–H and O–H groups in total. The van der Waals surface area contributed by atoms with Crippen LogP contribution < -0.4 is 10.6 Å². The topological polar surface area (TPSA) is 142 Å². The van der Waals surface area contributed by atoms with Crippen molar-refractivity contribution in [2.45, 2.75) is 86.1 Å². The quantitative estimate of drug-likeness (QED) is 0.241. The minimum atomic E-state index is -3.38. The number of alkyl halides is 10. The number of hydrogen-bond donors (Lipinski definition) is 4. The molecule has 0 radical (unpaired) electrons. The number of halogens is 10. The summed E-state index contributed by atoms with van der Waals surface area (Å²) in [6.45, 7) is 0.952. The molecule has 0 aliphatic heterocycles. The SMILES string of the molecule is CNC(=O)C1C(F)C(OC2C(F)C(F)C(C(=O)O)C(C(=O)NC3C(F)C(C)C(F)C(Cl)C3F)C2F)C(F)C(F)C1C(=O)O. The summed E-state index contributed by atoms with van der Waals surface area (Å²) < 4.78 is 139. The van der Waals surface area contributed by atoms with Crippen LogP contribution in [0.5, 0.6) is 0 Å². The molecule has 19 heteroatoms. The number of carboxylic acid groups (broad SMARTS) is 2. The zero-order chi connectivity index (χ0) is 32.8. The van der Waals surface area contributed by atoms with Gasteiger partial charge in [0.2, 0.25) is 11.8 Å². The fraction of sp³-hybridized carbons (Fsp3) is 0.833. The van der Waals surface area contributed by atoms with Crippen LogP contribution in [0.25, 0.3) is 0 Å². The summed E-state index contributed by atoms with van der Waals surface area (Å²) in [7, 11) is 0.884. The Balaban J connectivity index is 1.95. The van der Waals surface area contributed by atoms with Crippen molar-refractivity contribution in [3.8, 4) is 0 Å². The van der Waals surface area contributed by atoms with Gasteiger partial charge in [-0.25, -0.2) is 39.5 Å². The maximum Gasteiger partial charge on any atom is 0.310 e. The Labute approximate surface area is 242 Å². The molecule has 43 heavy (non-hydrogen) atoms. The van der Waals surface area contributed by atoms with Gasteiger partial charge in [0, 0.05) is 13.0 Å². The van der Waals surface area contributed by atoms with Crippen LogP contribution in [0.15, 0.2) is 0 Å². The van der Waals surface area contributed by atoms with E-state index in [0.717, 1.165) is 14.0 Å². The molecule has 0 aromatic rings. The molecule has 3 aliphatic rings. The lowest BCUT2D eigenvalue weighted by atomic mass is 9.72. The number of carbonyl (C=O) groups excluding carboxylic acids is 2. The predicted molar refractivity (Wildman–Crippen MR) is 127 cm³/mol. The minimum Gasteiger partial charge on any atom is -0.481 e. The second kappa shape index (κ2) is 13.2. The van der Waals surface area contributed by atoms with Gasteiger partial charge >= 0.3 is 11.9 Å². The van der Waals surface area contributed by atoms with Crippen LogP contribution in [-0.4, -0.2) is 120 Å². The van der Waals surface area contributed by atoms with Crippen molar-refractivity contribution in [2.75, 3.05) is 7.05 Å².